The van der Waals surface area contributed by atoms with Gasteiger partial charge in [-0.15, -0.1) is 23.7 Å². The highest BCUT2D eigenvalue weighted by Crippen LogP contribution is 2.29. The van der Waals surface area contributed by atoms with Gasteiger partial charge in [0.25, 0.3) is 0 Å². The van der Waals surface area contributed by atoms with Crippen LogP contribution in [0, 0.1) is 6.92 Å². The third-order valence-corrected chi connectivity index (χ3v) is 3.48. The van der Waals surface area contributed by atoms with Gasteiger partial charge in [-0.25, -0.2) is 9.97 Å². The molecule has 2 N–H and O–H groups in total. The SMILES string of the molecule is CCc1cc2c(NCCO)nc(C)nc2s1.Cl. The van der Waals surface area contributed by atoms with E-state index in [1.807, 2.05) is 6.92 Å². The van der Waals surface area contributed by atoms with Gasteiger partial charge in [0.1, 0.15) is 16.5 Å². The van der Waals surface area contributed by atoms with Gasteiger partial charge in [0, 0.05) is 11.4 Å². The van der Waals surface area contributed by atoms with E-state index in [4.69, 9.17) is 5.11 Å². The Balaban J connectivity index is 0.00000144. The van der Waals surface area contributed by atoms with Gasteiger partial charge in [-0.3, -0.25) is 0 Å². The van der Waals surface area contributed by atoms with Gasteiger partial charge in [0.2, 0.25) is 0 Å². The van der Waals surface area contributed by atoms with Crippen molar-refractivity contribution in [3.63, 3.8) is 0 Å². The lowest BCUT2D eigenvalue weighted by atomic mass is 10.3. The van der Waals surface area contributed by atoms with Gasteiger partial charge in [-0.2, -0.15) is 0 Å². The van der Waals surface area contributed by atoms with Gasteiger partial charge in [-0.1, -0.05) is 6.92 Å². The predicted octanol–water partition coefficient (Wildman–Crippen LogP) is 2.39. The lowest BCUT2D eigenvalue weighted by Gasteiger charge is -2.05. The number of anilines is 1. The molecule has 0 aliphatic heterocycles. The fraction of sp³-hybridized carbons (Fsp3) is 0.455. The van der Waals surface area contributed by atoms with Crippen LogP contribution in [0.15, 0.2) is 6.07 Å². The van der Waals surface area contributed by atoms with E-state index in [0.717, 1.165) is 28.3 Å². The number of hydrogen-bond donors (Lipinski definition) is 2. The number of rotatable bonds is 4. The average molecular weight is 274 g/mol. The molecule has 0 aliphatic carbocycles. The first kappa shape index (κ1) is 14.2. The summed E-state index contributed by atoms with van der Waals surface area (Å²) in [5, 5.41) is 13.0. The molecule has 2 heterocycles. The molecule has 2 aromatic rings. The molecule has 17 heavy (non-hydrogen) atoms. The summed E-state index contributed by atoms with van der Waals surface area (Å²) in [5.41, 5.74) is 0. The van der Waals surface area contributed by atoms with E-state index in [9.17, 15) is 0 Å². The summed E-state index contributed by atoms with van der Waals surface area (Å²) in [7, 11) is 0. The van der Waals surface area contributed by atoms with Crippen LogP contribution in [-0.2, 0) is 6.42 Å². The topological polar surface area (TPSA) is 58.0 Å². The minimum absolute atomic E-state index is 0. The van der Waals surface area contributed by atoms with E-state index in [2.05, 4.69) is 28.3 Å². The number of aliphatic hydroxyl groups is 1. The highest BCUT2D eigenvalue weighted by atomic mass is 35.5. The highest BCUT2D eigenvalue weighted by molar-refractivity contribution is 7.18. The van der Waals surface area contributed by atoms with Crippen molar-refractivity contribution in [3.8, 4) is 0 Å². The molecule has 0 aromatic carbocycles. The number of thiophene rings is 1. The van der Waals surface area contributed by atoms with Crippen molar-refractivity contribution >= 4 is 39.8 Å². The molecule has 6 heteroatoms. The maximum Gasteiger partial charge on any atom is 0.138 e. The zero-order chi connectivity index (χ0) is 11.5. The van der Waals surface area contributed by atoms with Crippen molar-refractivity contribution in [1.82, 2.24) is 9.97 Å². The summed E-state index contributed by atoms with van der Waals surface area (Å²) in [6.07, 6.45) is 1.01. The second kappa shape index (κ2) is 6.14. The average Bonchev–Trinajstić information content (AvgIpc) is 2.68. The van der Waals surface area contributed by atoms with Crippen molar-refractivity contribution in [2.24, 2.45) is 0 Å². The van der Waals surface area contributed by atoms with Crippen molar-refractivity contribution in [3.05, 3.63) is 16.8 Å². The van der Waals surface area contributed by atoms with Gasteiger partial charge < -0.3 is 10.4 Å². The van der Waals surface area contributed by atoms with E-state index in [-0.39, 0.29) is 19.0 Å². The lowest BCUT2D eigenvalue weighted by Crippen LogP contribution is -2.08. The predicted molar refractivity (Wildman–Crippen MR) is 74.4 cm³/mol. The minimum atomic E-state index is 0. The maximum atomic E-state index is 8.82. The summed E-state index contributed by atoms with van der Waals surface area (Å²) in [5.74, 6) is 1.59. The quantitative estimate of drug-likeness (QED) is 0.898. The molecular formula is C11H16ClN3OS. The van der Waals surface area contributed by atoms with Crippen LogP contribution in [0.4, 0.5) is 5.82 Å². The summed E-state index contributed by atoms with van der Waals surface area (Å²) < 4.78 is 0. The van der Waals surface area contributed by atoms with Crippen LogP contribution in [0.25, 0.3) is 10.2 Å². The third-order valence-electron chi connectivity index (χ3n) is 2.31. The molecule has 0 unspecified atom stereocenters. The Morgan fingerprint density at radius 1 is 1.41 bits per heavy atom. The van der Waals surface area contributed by atoms with Crippen LogP contribution in [0.3, 0.4) is 0 Å². The smallest absolute Gasteiger partial charge is 0.138 e. The Morgan fingerprint density at radius 3 is 2.82 bits per heavy atom. The number of halogens is 1. The Bertz CT molecular complexity index is 501. The van der Waals surface area contributed by atoms with Crippen LogP contribution >= 0.6 is 23.7 Å². The Morgan fingerprint density at radius 2 is 2.18 bits per heavy atom. The normalized spacial score (nSPS) is 10.3. The molecule has 94 valence electrons. The molecule has 2 aromatic heterocycles. The van der Waals surface area contributed by atoms with Gasteiger partial charge in [-0.05, 0) is 19.4 Å². The van der Waals surface area contributed by atoms with Crippen LogP contribution in [0.2, 0.25) is 0 Å². The largest absolute Gasteiger partial charge is 0.395 e. The summed E-state index contributed by atoms with van der Waals surface area (Å²) in [6, 6.07) is 2.12. The van der Waals surface area contributed by atoms with Gasteiger partial charge >= 0.3 is 0 Å². The fourth-order valence-electron chi connectivity index (χ4n) is 1.56. The van der Waals surface area contributed by atoms with E-state index < -0.39 is 0 Å². The number of aryl methyl sites for hydroxylation is 2. The van der Waals surface area contributed by atoms with Crippen molar-refractivity contribution in [2.75, 3.05) is 18.5 Å². The van der Waals surface area contributed by atoms with Crippen LogP contribution in [-0.4, -0.2) is 28.2 Å². The first-order valence-corrected chi connectivity index (χ1v) is 6.18. The zero-order valence-corrected chi connectivity index (χ0v) is 11.5. The second-order valence-electron chi connectivity index (χ2n) is 3.55. The molecule has 4 nitrogen and oxygen atoms in total. The fourth-order valence-corrected chi connectivity index (χ4v) is 2.57. The summed E-state index contributed by atoms with van der Waals surface area (Å²) >= 11 is 1.71. The molecule has 2 rings (SSSR count). The van der Waals surface area contributed by atoms with Crippen molar-refractivity contribution < 1.29 is 5.11 Å². The molecule has 0 radical (unpaired) electrons. The first-order chi connectivity index (χ1) is 7.74. The van der Waals surface area contributed by atoms with E-state index in [1.54, 1.807) is 11.3 Å². The van der Waals surface area contributed by atoms with Crippen molar-refractivity contribution in [1.29, 1.82) is 0 Å². The van der Waals surface area contributed by atoms with Gasteiger partial charge in [0.05, 0.1) is 12.0 Å². The Hall–Kier alpha value is -0.910. The number of aromatic nitrogens is 2. The molecule has 0 spiro atoms. The first-order valence-electron chi connectivity index (χ1n) is 5.36. The summed E-state index contributed by atoms with van der Waals surface area (Å²) in [6.45, 7) is 4.64. The molecule has 0 saturated carbocycles. The van der Waals surface area contributed by atoms with E-state index >= 15 is 0 Å². The molecular weight excluding hydrogens is 258 g/mol. The third kappa shape index (κ3) is 3.06. The number of aliphatic hydroxyl groups excluding tert-OH is 1. The highest BCUT2D eigenvalue weighted by Gasteiger charge is 2.08. The minimum Gasteiger partial charge on any atom is -0.395 e. The lowest BCUT2D eigenvalue weighted by molar-refractivity contribution is 0.311. The molecule has 0 bridgehead atoms. The zero-order valence-electron chi connectivity index (χ0n) is 9.86. The van der Waals surface area contributed by atoms with Crippen LogP contribution in [0.1, 0.15) is 17.6 Å². The Kier molecular flexibility index (Phi) is 5.11. The number of hydrogen-bond acceptors (Lipinski definition) is 5. The molecule has 0 atom stereocenters. The summed E-state index contributed by atoms with van der Waals surface area (Å²) in [4.78, 5) is 11.1. The Labute approximate surface area is 111 Å². The second-order valence-corrected chi connectivity index (χ2v) is 4.67. The van der Waals surface area contributed by atoms with E-state index in [1.165, 1.54) is 4.88 Å². The van der Waals surface area contributed by atoms with Crippen LogP contribution in [0.5, 0.6) is 0 Å². The van der Waals surface area contributed by atoms with Gasteiger partial charge in [0.15, 0.2) is 0 Å². The maximum absolute atomic E-state index is 8.82. The molecule has 0 amide bonds. The number of nitrogens with zero attached hydrogens (tertiary/aromatic N) is 2. The van der Waals surface area contributed by atoms with E-state index in [0.29, 0.717) is 6.54 Å². The molecule has 0 fully saturated rings. The van der Waals surface area contributed by atoms with Crippen molar-refractivity contribution in [2.45, 2.75) is 20.3 Å². The standard InChI is InChI=1S/C11H15N3OS.ClH/c1-3-8-6-9-10(12-4-5-15)13-7(2)14-11(9)16-8;/h6,15H,3-5H2,1-2H3,(H,12,13,14);1H. The molecule has 0 aliphatic rings. The number of fused-ring (bicyclic) bond motifs is 1. The van der Waals surface area contributed by atoms with Crippen LogP contribution < -0.4 is 5.32 Å². The monoisotopic (exact) mass is 273 g/mol. The molecule has 0 saturated heterocycles. The number of nitrogens with one attached hydrogen (secondary N) is 1.